The summed E-state index contributed by atoms with van der Waals surface area (Å²) in [5, 5.41) is 0. The molecule has 4 heteroatoms. The molecular formula is C7H8N3O+. The molecule has 0 saturated carbocycles. The van der Waals surface area contributed by atoms with E-state index in [0.717, 1.165) is 5.52 Å². The second-order valence-electron chi connectivity index (χ2n) is 2.32. The van der Waals surface area contributed by atoms with Gasteiger partial charge in [0.05, 0.1) is 6.92 Å². The van der Waals surface area contributed by atoms with E-state index in [9.17, 15) is 0 Å². The van der Waals surface area contributed by atoms with Gasteiger partial charge >= 0.3 is 17.1 Å². The Kier molecular flexibility index (Phi) is 1.09. The Morgan fingerprint density at radius 3 is 3.18 bits per heavy atom. The Labute approximate surface area is 63.2 Å². The highest BCUT2D eigenvalue weighted by Crippen LogP contribution is 2.06. The lowest BCUT2D eigenvalue weighted by Gasteiger charge is -1.78. The minimum atomic E-state index is 0.576. The Balaban J connectivity index is 2.92. The highest BCUT2D eigenvalue weighted by molar-refractivity contribution is 5.62. The van der Waals surface area contributed by atoms with Crippen molar-refractivity contribution in [3.8, 4) is 0 Å². The van der Waals surface area contributed by atoms with Gasteiger partial charge in [0, 0.05) is 12.3 Å². The SMILES string of the molecule is Cc1oc2ncccc2[n+]1N. The molecule has 2 aromatic rings. The monoisotopic (exact) mass is 150 g/mol. The van der Waals surface area contributed by atoms with Gasteiger partial charge in [-0.05, 0) is 10.7 Å². The van der Waals surface area contributed by atoms with Crippen LogP contribution in [-0.4, -0.2) is 4.98 Å². The average Bonchev–Trinajstić information content (AvgIpc) is 2.30. The Bertz CT molecular complexity index is 393. The van der Waals surface area contributed by atoms with Crippen LogP contribution in [0.3, 0.4) is 0 Å². The summed E-state index contributed by atoms with van der Waals surface area (Å²) in [6, 6.07) is 3.68. The zero-order chi connectivity index (χ0) is 7.84. The number of hydrogen-bond acceptors (Lipinski definition) is 3. The van der Waals surface area contributed by atoms with Crippen molar-refractivity contribution in [3.05, 3.63) is 24.2 Å². The van der Waals surface area contributed by atoms with Gasteiger partial charge in [-0.3, -0.25) is 0 Å². The lowest BCUT2D eigenvalue weighted by Crippen LogP contribution is -2.45. The molecular weight excluding hydrogens is 142 g/mol. The fourth-order valence-corrected chi connectivity index (χ4v) is 1.00. The molecule has 2 aromatic heterocycles. The number of fused-ring (bicyclic) bond motifs is 1. The first kappa shape index (κ1) is 6.15. The van der Waals surface area contributed by atoms with Gasteiger partial charge in [-0.25, -0.2) is 10.8 Å². The number of oxazole rings is 1. The first-order valence-corrected chi connectivity index (χ1v) is 3.30. The third-order valence-electron chi connectivity index (χ3n) is 1.59. The summed E-state index contributed by atoms with van der Waals surface area (Å²) in [6.07, 6.45) is 1.67. The van der Waals surface area contributed by atoms with Crippen LogP contribution in [0.2, 0.25) is 0 Å². The molecule has 0 aromatic carbocycles. The molecule has 0 unspecified atom stereocenters. The minimum absolute atomic E-state index is 0.576. The maximum atomic E-state index is 5.62. The fraction of sp³-hybridized carbons (Fsp3) is 0.143. The molecule has 0 aliphatic carbocycles. The number of hydrogen-bond donors (Lipinski definition) is 1. The smallest absolute Gasteiger partial charge is 0.374 e. The third kappa shape index (κ3) is 0.756. The molecule has 4 nitrogen and oxygen atoms in total. The van der Waals surface area contributed by atoms with E-state index in [1.165, 1.54) is 4.68 Å². The molecule has 0 bridgehead atoms. The van der Waals surface area contributed by atoms with E-state index in [1.54, 1.807) is 13.1 Å². The summed E-state index contributed by atoms with van der Waals surface area (Å²) in [5.74, 6) is 6.27. The van der Waals surface area contributed by atoms with Crippen LogP contribution in [0.5, 0.6) is 0 Å². The quantitative estimate of drug-likeness (QED) is 0.429. The molecule has 0 amide bonds. The largest absolute Gasteiger partial charge is 0.380 e. The zero-order valence-electron chi connectivity index (χ0n) is 6.11. The van der Waals surface area contributed by atoms with Gasteiger partial charge in [0.2, 0.25) is 0 Å². The minimum Gasteiger partial charge on any atom is -0.380 e. The molecule has 56 valence electrons. The van der Waals surface area contributed by atoms with E-state index < -0.39 is 0 Å². The van der Waals surface area contributed by atoms with E-state index in [1.807, 2.05) is 12.1 Å². The molecule has 2 rings (SSSR count). The second kappa shape index (κ2) is 1.95. The van der Waals surface area contributed by atoms with Gasteiger partial charge in [-0.1, -0.05) is 0 Å². The van der Waals surface area contributed by atoms with Crippen LogP contribution in [0.15, 0.2) is 22.7 Å². The Morgan fingerprint density at radius 1 is 1.64 bits per heavy atom. The molecule has 0 spiro atoms. The molecule has 2 heterocycles. The summed E-state index contributed by atoms with van der Waals surface area (Å²) in [4.78, 5) is 4.00. The lowest BCUT2D eigenvalue weighted by atomic mass is 10.4. The first-order valence-electron chi connectivity index (χ1n) is 3.30. The van der Waals surface area contributed by atoms with E-state index in [2.05, 4.69) is 4.98 Å². The third-order valence-corrected chi connectivity index (χ3v) is 1.59. The summed E-state index contributed by atoms with van der Waals surface area (Å²) < 4.78 is 6.70. The van der Waals surface area contributed by atoms with Gasteiger partial charge < -0.3 is 4.42 Å². The number of nitrogens with two attached hydrogens (primary N) is 1. The standard InChI is InChI=1S/C7H8N3O/c1-5-10(8)6-3-2-4-9-7(6)11-5/h2-4H,8H2,1H3/q+1. The highest BCUT2D eigenvalue weighted by Gasteiger charge is 2.15. The second-order valence-corrected chi connectivity index (χ2v) is 2.32. The van der Waals surface area contributed by atoms with Crippen molar-refractivity contribution in [1.29, 1.82) is 0 Å². The molecule has 2 N–H and O–H groups in total. The number of aromatic nitrogens is 2. The van der Waals surface area contributed by atoms with Crippen LogP contribution < -0.4 is 10.5 Å². The van der Waals surface area contributed by atoms with Crippen molar-refractivity contribution in [2.24, 2.45) is 0 Å². The molecule has 0 fully saturated rings. The highest BCUT2D eigenvalue weighted by atomic mass is 16.4. The van der Waals surface area contributed by atoms with Crippen LogP contribution in [0.25, 0.3) is 11.2 Å². The van der Waals surface area contributed by atoms with Crippen LogP contribution in [0.1, 0.15) is 5.89 Å². The topological polar surface area (TPSA) is 55.9 Å². The summed E-state index contributed by atoms with van der Waals surface area (Å²) >= 11 is 0. The molecule has 0 saturated heterocycles. The van der Waals surface area contributed by atoms with Gasteiger partial charge in [-0.15, -0.1) is 0 Å². The van der Waals surface area contributed by atoms with Crippen molar-refractivity contribution >= 4 is 11.2 Å². The van der Waals surface area contributed by atoms with Crippen LogP contribution >= 0.6 is 0 Å². The predicted molar refractivity (Wildman–Crippen MR) is 39.1 cm³/mol. The predicted octanol–water partition coefficient (Wildman–Crippen LogP) is 0.138. The van der Waals surface area contributed by atoms with Crippen molar-refractivity contribution in [2.45, 2.75) is 6.92 Å². The lowest BCUT2D eigenvalue weighted by molar-refractivity contribution is -0.624. The van der Waals surface area contributed by atoms with Crippen molar-refractivity contribution in [1.82, 2.24) is 4.98 Å². The van der Waals surface area contributed by atoms with Crippen molar-refractivity contribution < 1.29 is 9.09 Å². The van der Waals surface area contributed by atoms with Crippen molar-refractivity contribution in [2.75, 3.05) is 5.84 Å². The molecule has 0 radical (unpaired) electrons. The van der Waals surface area contributed by atoms with Gasteiger partial charge in [0.15, 0.2) is 0 Å². The Morgan fingerprint density at radius 2 is 2.45 bits per heavy atom. The molecule has 11 heavy (non-hydrogen) atoms. The van der Waals surface area contributed by atoms with Gasteiger partial charge in [-0.2, -0.15) is 0 Å². The maximum Gasteiger partial charge on any atom is 0.374 e. The van der Waals surface area contributed by atoms with Crippen LogP contribution in [0, 0.1) is 6.92 Å². The fourth-order valence-electron chi connectivity index (χ4n) is 1.00. The van der Waals surface area contributed by atoms with Gasteiger partial charge in [0.1, 0.15) is 0 Å². The van der Waals surface area contributed by atoms with E-state index in [0.29, 0.717) is 11.6 Å². The normalized spacial score (nSPS) is 10.6. The first-order chi connectivity index (χ1) is 5.29. The molecule has 0 aliphatic rings. The van der Waals surface area contributed by atoms with E-state index in [-0.39, 0.29) is 0 Å². The van der Waals surface area contributed by atoms with E-state index in [4.69, 9.17) is 10.3 Å². The van der Waals surface area contributed by atoms with Crippen LogP contribution in [-0.2, 0) is 0 Å². The summed E-state index contributed by atoms with van der Waals surface area (Å²) in [7, 11) is 0. The average molecular weight is 150 g/mol. The number of rotatable bonds is 0. The zero-order valence-corrected chi connectivity index (χ0v) is 6.11. The number of pyridine rings is 1. The van der Waals surface area contributed by atoms with E-state index >= 15 is 0 Å². The summed E-state index contributed by atoms with van der Waals surface area (Å²) in [5.41, 5.74) is 1.39. The number of aryl methyl sites for hydroxylation is 1. The summed E-state index contributed by atoms with van der Waals surface area (Å²) in [6.45, 7) is 1.79. The Hall–Kier alpha value is -1.58. The number of nitrogens with zero attached hydrogens (tertiary/aromatic N) is 2. The molecule has 0 atom stereocenters. The molecule has 0 aliphatic heterocycles. The van der Waals surface area contributed by atoms with Crippen LogP contribution in [0.4, 0.5) is 0 Å². The van der Waals surface area contributed by atoms with Crippen molar-refractivity contribution in [3.63, 3.8) is 0 Å². The number of nitrogen functional groups attached to an aromatic ring is 1. The maximum absolute atomic E-state index is 5.62. The van der Waals surface area contributed by atoms with Gasteiger partial charge in [0.25, 0.3) is 0 Å².